The SMILES string of the molecule is CC[C@@H]([C@@H]1CCC(N=[N+]=[N-])C(C)O1)N(Cc1ccccc1)C(=O)OCc1ccccc1. The summed E-state index contributed by atoms with van der Waals surface area (Å²) >= 11 is 0. The molecule has 3 rings (SSSR count). The lowest BCUT2D eigenvalue weighted by Crippen LogP contribution is -2.51. The molecule has 164 valence electrons. The van der Waals surface area contributed by atoms with Gasteiger partial charge in [0.1, 0.15) is 6.61 Å². The largest absolute Gasteiger partial charge is 0.445 e. The smallest absolute Gasteiger partial charge is 0.410 e. The van der Waals surface area contributed by atoms with Gasteiger partial charge in [0, 0.05) is 11.5 Å². The summed E-state index contributed by atoms with van der Waals surface area (Å²) in [7, 11) is 0. The lowest BCUT2D eigenvalue weighted by Gasteiger charge is -2.41. The number of carbonyl (C=O) groups is 1. The third kappa shape index (κ3) is 6.23. The van der Waals surface area contributed by atoms with E-state index in [-0.39, 0.29) is 37.0 Å². The first-order valence-electron chi connectivity index (χ1n) is 10.8. The van der Waals surface area contributed by atoms with E-state index < -0.39 is 0 Å². The summed E-state index contributed by atoms with van der Waals surface area (Å²) in [6, 6.07) is 19.3. The Morgan fingerprint density at radius 2 is 1.81 bits per heavy atom. The highest BCUT2D eigenvalue weighted by Gasteiger charge is 2.37. The predicted molar refractivity (Wildman–Crippen MR) is 119 cm³/mol. The molecule has 0 aliphatic carbocycles. The number of carbonyl (C=O) groups excluding carboxylic acids is 1. The van der Waals surface area contributed by atoms with Crippen molar-refractivity contribution in [2.45, 2.75) is 70.6 Å². The standard InChI is InChI=1S/C24H30N4O3/c1-3-22(23-15-14-21(26-27-25)18(2)31-23)28(16-19-10-6-4-7-11-19)24(29)30-17-20-12-8-5-9-13-20/h4-13,18,21-23H,3,14-17H2,1-2H3/t18?,21?,22-,23-/m0/s1. The van der Waals surface area contributed by atoms with Crippen LogP contribution in [0.4, 0.5) is 4.79 Å². The van der Waals surface area contributed by atoms with Crippen molar-refractivity contribution in [3.63, 3.8) is 0 Å². The van der Waals surface area contributed by atoms with Gasteiger partial charge in [0.05, 0.1) is 24.3 Å². The van der Waals surface area contributed by atoms with E-state index >= 15 is 0 Å². The van der Waals surface area contributed by atoms with Gasteiger partial charge in [0.15, 0.2) is 0 Å². The first-order chi connectivity index (χ1) is 15.1. The van der Waals surface area contributed by atoms with Crippen molar-refractivity contribution < 1.29 is 14.3 Å². The number of nitrogens with zero attached hydrogens (tertiary/aromatic N) is 4. The van der Waals surface area contributed by atoms with Crippen LogP contribution < -0.4 is 0 Å². The molecule has 1 heterocycles. The molecule has 0 radical (unpaired) electrons. The number of rotatable bonds is 8. The Balaban J connectivity index is 1.76. The molecule has 0 bridgehead atoms. The van der Waals surface area contributed by atoms with Gasteiger partial charge in [-0.1, -0.05) is 72.7 Å². The van der Waals surface area contributed by atoms with E-state index in [9.17, 15) is 4.79 Å². The summed E-state index contributed by atoms with van der Waals surface area (Å²) in [5.74, 6) is 0. The van der Waals surface area contributed by atoms with Gasteiger partial charge in [-0.15, -0.1) is 0 Å². The maximum atomic E-state index is 13.2. The number of hydrogen-bond acceptors (Lipinski definition) is 4. The highest BCUT2D eigenvalue weighted by molar-refractivity contribution is 5.68. The van der Waals surface area contributed by atoms with Gasteiger partial charge < -0.3 is 9.47 Å². The van der Waals surface area contributed by atoms with Crippen molar-refractivity contribution in [1.82, 2.24) is 4.90 Å². The van der Waals surface area contributed by atoms with Crippen molar-refractivity contribution in [2.24, 2.45) is 5.11 Å². The maximum Gasteiger partial charge on any atom is 0.410 e. The van der Waals surface area contributed by atoms with Gasteiger partial charge in [-0.25, -0.2) is 4.79 Å². The van der Waals surface area contributed by atoms with Crippen LogP contribution in [0.1, 0.15) is 44.2 Å². The second-order valence-electron chi connectivity index (χ2n) is 7.86. The van der Waals surface area contributed by atoms with E-state index in [1.165, 1.54) is 0 Å². The van der Waals surface area contributed by atoms with Crippen molar-refractivity contribution >= 4 is 6.09 Å². The first kappa shape index (κ1) is 22.7. The van der Waals surface area contributed by atoms with E-state index in [2.05, 4.69) is 16.9 Å². The molecule has 0 spiro atoms. The molecule has 2 unspecified atom stereocenters. The average molecular weight is 423 g/mol. The number of azide groups is 1. The Bertz CT molecular complexity index is 871. The van der Waals surface area contributed by atoms with Crippen LogP contribution in [0.3, 0.4) is 0 Å². The fraction of sp³-hybridized carbons (Fsp3) is 0.458. The molecule has 1 aliphatic rings. The predicted octanol–water partition coefficient (Wildman–Crippen LogP) is 5.85. The Hall–Kier alpha value is -3.02. The molecule has 7 nitrogen and oxygen atoms in total. The van der Waals surface area contributed by atoms with Gasteiger partial charge in [-0.3, -0.25) is 4.90 Å². The van der Waals surface area contributed by atoms with E-state index in [1.807, 2.05) is 67.6 Å². The summed E-state index contributed by atoms with van der Waals surface area (Å²) in [5.41, 5.74) is 10.8. The first-order valence-corrected chi connectivity index (χ1v) is 10.8. The molecule has 0 aromatic heterocycles. The topological polar surface area (TPSA) is 87.5 Å². The Morgan fingerprint density at radius 3 is 2.39 bits per heavy atom. The maximum absolute atomic E-state index is 13.2. The van der Waals surface area contributed by atoms with Gasteiger partial charge in [-0.2, -0.15) is 0 Å². The molecule has 2 aromatic rings. The normalized spacial score (nSPS) is 21.5. The Morgan fingerprint density at radius 1 is 1.16 bits per heavy atom. The molecule has 0 N–H and O–H groups in total. The molecule has 31 heavy (non-hydrogen) atoms. The molecule has 4 atom stereocenters. The van der Waals surface area contributed by atoms with Crippen LogP contribution in [0.15, 0.2) is 65.8 Å². The minimum Gasteiger partial charge on any atom is -0.445 e. The molecule has 1 fully saturated rings. The zero-order valence-corrected chi connectivity index (χ0v) is 18.1. The molecule has 2 aromatic carbocycles. The van der Waals surface area contributed by atoms with E-state index in [1.54, 1.807) is 4.90 Å². The van der Waals surface area contributed by atoms with E-state index in [4.69, 9.17) is 15.0 Å². The summed E-state index contributed by atoms with van der Waals surface area (Å²) < 4.78 is 11.9. The Labute approximate surface area is 183 Å². The average Bonchev–Trinajstić information content (AvgIpc) is 2.80. The monoisotopic (exact) mass is 422 g/mol. The summed E-state index contributed by atoms with van der Waals surface area (Å²) in [4.78, 5) is 17.9. The number of hydrogen-bond donors (Lipinski definition) is 0. The van der Waals surface area contributed by atoms with E-state index in [0.29, 0.717) is 6.54 Å². The fourth-order valence-electron chi connectivity index (χ4n) is 4.09. The van der Waals surface area contributed by atoms with Gasteiger partial charge >= 0.3 is 6.09 Å². The second-order valence-corrected chi connectivity index (χ2v) is 7.86. The number of ether oxygens (including phenoxy) is 2. The van der Waals surface area contributed by atoms with Crippen LogP contribution in [0.2, 0.25) is 0 Å². The van der Waals surface area contributed by atoms with Crippen LogP contribution in [0, 0.1) is 0 Å². The molecule has 1 saturated heterocycles. The third-order valence-corrected chi connectivity index (χ3v) is 5.76. The lowest BCUT2D eigenvalue weighted by atomic mass is 9.93. The van der Waals surface area contributed by atoms with Crippen molar-refractivity contribution in [2.75, 3.05) is 0 Å². The van der Waals surface area contributed by atoms with Crippen LogP contribution in [-0.4, -0.2) is 35.3 Å². The minimum atomic E-state index is -0.354. The summed E-state index contributed by atoms with van der Waals surface area (Å²) in [6.45, 7) is 4.65. The van der Waals surface area contributed by atoms with Crippen LogP contribution in [-0.2, 0) is 22.6 Å². The summed E-state index contributed by atoms with van der Waals surface area (Å²) in [5, 5.41) is 3.85. The second kappa shape index (κ2) is 11.4. The Kier molecular flexibility index (Phi) is 8.33. The van der Waals surface area contributed by atoms with Gasteiger partial charge in [0.25, 0.3) is 0 Å². The van der Waals surface area contributed by atoms with Crippen molar-refractivity contribution in [3.05, 3.63) is 82.2 Å². The van der Waals surface area contributed by atoms with Crippen LogP contribution in [0.25, 0.3) is 10.4 Å². The number of amides is 1. The molecular formula is C24H30N4O3. The quantitative estimate of drug-likeness (QED) is 0.304. The molecule has 7 heteroatoms. The molecule has 1 aliphatic heterocycles. The van der Waals surface area contributed by atoms with Crippen molar-refractivity contribution in [3.8, 4) is 0 Å². The van der Waals surface area contributed by atoms with Crippen LogP contribution in [0.5, 0.6) is 0 Å². The molecule has 0 saturated carbocycles. The molecule has 1 amide bonds. The summed E-state index contributed by atoms with van der Waals surface area (Å²) in [6.07, 6.45) is 1.51. The fourth-order valence-corrected chi connectivity index (χ4v) is 4.09. The van der Waals surface area contributed by atoms with Gasteiger partial charge in [0.2, 0.25) is 0 Å². The zero-order valence-electron chi connectivity index (χ0n) is 18.1. The lowest BCUT2D eigenvalue weighted by molar-refractivity contribution is -0.0898. The number of benzene rings is 2. The van der Waals surface area contributed by atoms with Crippen molar-refractivity contribution in [1.29, 1.82) is 0 Å². The van der Waals surface area contributed by atoms with E-state index in [0.717, 1.165) is 30.4 Å². The zero-order chi connectivity index (χ0) is 22.1. The minimum absolute atomic E-state index is 0.141. The van der Waals surface area contributed by atoms with Gasteiger partial charge in [-0.05, 0) is 42.8 Å². The van der Waals surface area contributed by atoms with Crippen LogP contribution >= 0.6 is 0 Å². The highest BCUT2D eigenvalue weighted by Crippen LogP contribution is 2.29. The highest BCUT2D eigenvalue weighted by atomic mass is 16.6. The molecular weight excluding hydrogens is 392 g/mol. The third-order valence-electron chi connectivity index (χ3n) is 5.76.